The van der Waals surface area contributed by atoms with E-state index in [1.54, 1.807) is 43.5 Å². The minimum atomic E-state index is -3.78. The van der Waals surface area contributed by atoms with Crippen LogP contribution in [0.2, 0.25) is 0 Å². The van der Waals surface area contributed by atoms with Crippen molar-refractivity contribution in [2.75, 3.05) is 11.8 Å². The number of sulfonamides is 1. The fourth-order valence-corrected chi connectivity index (χ4v) is 4.88. The van der Waals surface area contributed by atoms with E-state index in [1.165, 1.54) is 24.1 Å². The molecule has 0 unspecified atom stereocenters. The van der Waals surface area contributed by atoms with E-state index < -0.39 is 10.0 Å². The first kappa shape index (κ1) is 21.6. The van der Waals surface area contributed by atoms with Crippen LogP contribution in [0.1, 0.15) is 30.5 Å². The van der Waals surface area contributed by atoms with Crippen molar-refractivity contribution in [2.24, 2.45) is 5.10 Å². The van der Waals surface area contributed by atoms with Crippen LogP contribution in [0.4, 0.5) is 5.69 Å². The molecule has 1 aliphatic rings. The molecule has 7 nitrogen and oxygen atoms in total. The number of hydrogen-bond donors (Lipinski definition) is 1. The van der Waals surface area contributed by atoms with Crippen molar-refractivity contribution in [2.45, 2.75) is 24.3 Å². The van der Waals surface area contributed by atoms with Gasteiger partial charge in [-0.15, -0.1) is 0 Å². The summed E-state index contributed by atoms with van der Waals surface area (Å²) in [7, 11) is -2.19. The third-order valence-corrected chi connectivity index (χ3v) is 6.65. The second-order valence-corrected chi connectivity index (χ2v) is 9.02. The maximum absolute atomic E-state index is 12.9. The molecule has 1 heterocycles. The van der Waals surface area contributed by atoms with Gasteiger partial charge >= 0.3 is 0 Å². The molecule has 0 radical (unpaired) electrons. The van der Waals surface area contributed by atoms with Gasteiger partial charge in [0.15, 0.2) is 0 Å². The standard InChI is InChI=1S/C24H23N3O4S/c1-17(28)27-23(20-13-7-9-15-24(20)31-2)16-22(25-27)19-12-6-8-14-21(19)26-32(29,30)18-10-4-3-5-11-18/h3-15,23,26H,16H2,1-2H3/t23-/m0/s1. The molecule has 0 aromatic heterocycles. The van der Waals surface area contributed by atoms with E-state index in [0.29, 0.717) is 29.1 Å². The monoisotopic (exact) mass is 449 g/mol. The molecule has 0 fully saturated rings. The summed E-state index contributed by atoms with van der Waals surface area (Å²) < 4.78 is 33.9. The second kappa shape index (κ2) is 8.84. The summed E-state index contributed by atoms with van der Waals surface area (Å²) in [6.07, 6.45) is 0.421. The van der Waals surface area contributed by atoms with Gasteiger partial charge in [-0.3, -0.25) is 9.52 Å². The van der Waals surface area contributed by atoms with Crippen molar-refractivity contribution >= 4 is 27.3 Å². The molecule has 1 atom stereocenters. The number of methoxy groups -OCH3 is 1. The van der Waals surface area contributed by atoms with Crippen molar-refractivity contribution < 1.29 is 17.9 Å². The highest BCUT2D eigenvalue weighted by Gasteiger charge is 2.34. The lowest BCUT2D eigenvalue weighted by Crippen LogP contribution is -2.24. The number of benzene rings is 3. The number of hydrazone groups is 1. The third-order valence-electron chi connectivity index (χ3n) is 5.27. The van der Waals surface area contributed by atoms with Gasteiger partial charge in [0.2, 0.25) is 5.91 Å². The Morgan fingerprint density at radius 2 is 1.66 bits per heavy atom. The molecule has 8 heteroatoms. The van der Waals surface area contributed by atoms with E-state index in [4.69, 9.17) is 4.74 Å². The smallest absolute Gasteiger partial charge is 0.261 e. The van der Waals surface area contributed by atoms with Crippen molar-refractivity contribution in [1.82, 2.24) is 5.01 Å². The SMILES string of the molecule is COc1ccccc1[C@@H]1CC(c2ccccc2NS(=O)(=O)c2ccccc2)=NN1C(C)=O. The van der Waals surface area contributed by atoms with E-state index in [-0.39, 0.29) is 16.8 Å². The molecular formula is C24H23N3O4S. The zero-order valence-corrected chi connectivity index (χ0v) is 18.5. The normalized spacial score (nSPS) is 15.9. The molecule has 1 aliphatic heterocycles. The molecule has 4 rings (SSSR count). The van der Waals surface area contributed by atoms with E-state index in [0.717, 1.165) is 5.56 Å². The minimum absolute atomic E-state index is 0.167. The van der Waals surface area contributed by atoms with Gasteiger partial charge < -0.3 is 4.74 Å². The van der Waals surface area contributed by atoms with Gasteiger partial charge in [0.1, 0.15) is 5.75 Å². The average molecular weight is 450 g/mol. The number of hydrogen-bond acceptors (Lipinski definition) is 5. The van der Waals surface area contributed by atoms with Crippen LogP contribution in [0.3, 0.4) is 0 Å². The third kappa shape index (κ3) is 4.22. The maximum Gasteiger partial charge on any atom is 0.261 e. The van der Waals surface area contributed by atoms with Gasteiger partial charge in [0, 0.05) is 24.5 Å². The number of carbonyl (C=O) groups excluding carboxylic acids is 1. The molecule has 0 spiro atoms. The molecule has 3 aromatic carbocycles. The second-order valence-electron chi connectivity index (χ2n) is 7.34. The predicted molar refractivity (Wildman–Crippen MR) is 123 cm³/mol. The molecule has 1 N–H and O–H groups in total. The predicted octanol–water partition coefficient (Wildman–Crippen LogP) is 4.19. The summed E-state index contributed by atoms with van der Waals surface area (Å²) >= 11 is 0. The van der Waals surface area contributed by atoms with E-state index in [9.17, 15) is 13.2 Å². The van der Waals surface area contributed by atoms with Crippen LogP contribution >= 0.6 is 0 Å². The van der Waals surface area contributed by atoms with Crippen LogP contribution in [0, 0.1) is 0 Å². The van der Waals surface area contributed by atoms with Crippen molar-refractivity contribution in [3.63, 3.8) is 0 Å². The number of anilines is 1. The number of nitrogens with zero attached hydrogens (tertiary/aromatic N) is 2. The largest absolute Gasteiger partial charge is 0.496 e. The van der Waals surface area contributed by atoms with Gasteiger partial charge in [-0.2, -0.15) is 5.10 Å². The summed E-state index contributed by atoms with van der Waals surface area (Å²) in [6.45, 7) is 1.46. The minimum Gasteiger partial charge on any atom is -0.496 e. The van der Waals surface area contributed by atoms with Gasteiger partial charge in [0.25, 0.3) is 10.0 Å². The van der Waals surface area contributed by atoms with E-state index >= 15 is 0 Å². The summed E-state index contributed by atoms with van der Waals surface area (Å²) in [5.41, 5.74) is 2.48. The topological polar surface area (TPSA) is 88.1 Å². The molecule has 0 bridgehead atoms. The highest BCUT2D eigenvalue weighted by Crippen LogP contribution is 2.38. The molecule has 1 amide bonds. The number of nitrogens with one attached hydrogen (secondary N) is 1. The fraction of sp³-hybridized carbons (Fsp3) is 0.167. The van der Waals surface area contributed by atoms with E-state index in [1.807, 2.05) is 30.3 Å². The van der Waals surface area contributed by atoms with Crippen LogP contribution in [-0.2, 0) is 14.8 Å². The zero-order valence-electron chi connectivity index (χ0n) is 17.7. The number of carbonyl (C=O) groups is 1. The zero-order chi connectivity index (χ0) is 22.7. The van der Waals surface area contributed by atoms with Gasteiger partial charge in [-0.05, 0) is 24.3 Å². The number of amides is 1. The van der Waals surface area contributed by atoms with Crippen LogP contribution < -0.4 is 9.46 Å². The molecule has 0 aliphatic carbocycles. The van der Waals surface area contributed by atoms with Crippen LogP contribution in [0.15, 0.2) is 88.9 Å². The quantitative estimate of drug-likeness (QED) is 0.611. The lowest BCUT2D eigenvalue weighted by atomic mass is 9.97. The molecule has 0 saturated carbocycles. The number of rotatable bonds is 6. The Kier molecular flexibility index (Phi) is 5.96. The Bertz CT molecular complexity index is 1270. The Hall–Kier alpha value is -3.65. The molecule has 3 aromatic rings. The number of ether oxygens (including phenoxy) is 1. The molecular weight excluding hydrogens is 426 g/mol. The Balaban J connectivity index is 1.70. The first-order valence-electron chi connectivity index (χ1n) is 10.1. The first-order chi connectivity index (χ1) is 15.4. The molecule has 0 saturated heterocycles. The van der Waals surface area contributed by atoms with Crippen LogP contribution in [-0.4, -0.2) is 32.2 Å². The van der Waals surface area contributed by atoms with Crippen LogP contribution in [0.25, 0.3) is 0 Å². The van der Waals surface area contributed by atoms with Crippen molar-refractivity contribution in [3.8, 4) is 5.75 Å². The summed E-state index contributed by atoms with van der Waals surface area (Å²) in [5.74, 6) is 0.455. The highest BCUT2D eigenvalue weighted by atomic mass is 32.2. The van der Waals surface area contributed by atoms with E-state index in [2.05, 4.69) is 9.82 Å². The highest BCUT2D eigenvalue weighted by molar-refractivity contribution is 7.92. The fourth-order valence-electron chi connectivity index (χ4n) is 3.77. The lowest BCUT2D eigenvalue weighted by Gasteiger charge is -2.22. The summed E-state index contributed by atoms with van der Waals surface area (Å²) in [4.78, 5) is 12.5. The molecule has 164 valence electrons. The first-order valence-corrected chi connectivity index (χ1v) is 11.6. The number of para-hydroxylation sites is 2. The average Bonchev–Trinajstić information content (AvgIpc) is 3.25. The Morgan fingerprint density at radius 3 is 2.38 bits per heavy atom. The maximum atomic E-state index is 12.9. The Labute approximate surface area is 187 Å². The summed E-state index contributed by atoms with van der Waals surface area (Å²) in [6, 6.07) is 22.4. The van der Waals surface area contributed by atoms with Gasteiger partial charge in [0.05, 0.1) is 29.4 Å². The van der Waals surface area contributed by atoms with Crippen molar-refractivity contribution in [3.05, 3.63) is 90.0 Å². The molecule has 32 heavy (non-hydrogen) atoms. The van der Waals surface area contributed by atoms with Crippen LogP contribution in [0.5, 0.6) is 5.75 Å². The Morgan fingerprint density at radius 1 is 1.00 bits per heavy atom. The van der Waals surface area contributed by atoms with Gasteiger partial charge in [-0.1, -0.05) is 54.6 Å². The summed E-state index contributed by atoms with van der Waals surface area (Å²) in [5, 5.41) is 5.99. The van der Waals surface area contributed by atoms with Gasteiger partial charge in [-0.25, -0.2) is 13.4 Å². The van der Waals surface area contributed by atoms with Crippen molar-refractivity contribution in [1.29, 1.82) is 0 Å². The lowest BCUT2D eigenvalue weighted by molar-refractivity contribution is -0.130.